The maximum atomic E-state index is 12.6. The number of para-hydroxylation sites is 1. The standard InChI is InChI=1S/C20H20N2O3/c1-13-8-7-11-16-18(13)19(24)15(20(25)22(16)3)12-17(23)21(2)14-9-5-4-6-10-14/h4-11,24H,12H2,1-3H3. The molecule has 1 aromatic heterocycles. The molecule has 0 saturated heterocycles. The molecule has 0 radical (unpaired) electrons. The highest BCUT2D eigenvalue weighted by atomic mass is 16.3. The molecule has 1 heterocycles. The number of likely N-dealkylation sites (N-methyl/N-ethyl adjacent to an activating group) is 1. The normalized spacial score (nSPS) is 10.8. The van der Waals surface area contributed by atoms with Crippen LogP contribution in [0.1, 0.15) is 11.1 Å². The van der Waals surface area contributed by atoms with Crippen molar-refractivity contribution >= 4 is 22.5 Å². The molecule has 1 N–H and O–H groups in total. The first-order valence-electron chi connectivity index (χ1n) is 8.03. The lowest BCUT2D eigenvalue weighted by Gasteiger charge is -2.18. The number of amides is 1. The van der Waals surface area contributed by atoms with Gasteiger partial charge in [-0.15, -0.1) is 0 Å². The van der Waals surface area contributed by atoms with Gasteiger partial charge < -0.3 is 14.6 Å². The zero-order valence-corrected chi connectivity index (χ0v) is 14.5. The molecule has 0 saturated carbocycles. The third kappa shape index (κ3) is 2.89. The van der Waals surface area contributed by atoms with E-state index in [0.29, 0.717) is 10.9 Å². The van der Waals surface area contributed by atoms with Gasteiger partial charge in [0.2, 0.25) is 5.91 Å². The highest BCUT2D eigenvalue weighted by Gasteiger charge is 2.20. The number of pyridine rings is 1. The van der Waals surface area contributed by atoms with Gasteiger partial charge in [0.25, 0.3) is 5.56 Å². The number of aromatic nitrogens is 1. The second kappa shape index (κ2) is 6.43. The van der Waals surface area contributed by atoms with E-state index in [-0.39, 0.29) is 29.2 Å². The number of nitrogens with zero attached hydrogens (tertiary/aromatic N) is 2. The van der Waals surface area contributed by atoms with Crippen LogP contribution in [0.4, 0.5) is 5.69 Å². The summed E-state index contributed by atoms with van der Waals surface area (Å²) in [6, 6.07) is 14.7. The molecule has 3 aromatic rings. The van der Waals surface area contributed by atoms with Crippen molar-refractivity contribution in [1.82, 2.24) is 4.57 Å². The number of anilines is 1. The number of hydrogen-bond acceptors (Lipinski definition) is 3. The molecule has 128 valence electrons. The quantitative estimate of drug-likeness (QED) is 0.800. The number of hydrogen-bond donors (Lipinski definition) is 1. The second-order valence-corrected chi connectivity index (χ2v) is 6.13. The number of aromatic hydroxyl groups is 1. The van der Waals surface area contributed by atoms with Crippen molar-refractivity contribution in [1.29, 1.82) is 0 Å². The van der Waals surface area contributed by atoms with Gasteiger partial charge in [-0.1, -0.05) is 30.3 Å². The lowest BCUT2D eigenvalue weighted by molar-refractivity contribution is -0.117. The SMILES string of the molecule is Cc1cccc2c1c(O)c(CC(=O)N(C)c1ccccc1)c(=O)n2C. The number of fused-ring (bicyclic) bond motifs is 1. The topological polar surface area (TPSA) is 62.5 Å². The molecule has 1 amide bonds. The van der Waals surface area contributed by atoms with Crippen molar-refractivity contribution in [2.75, 3.05) is 11.9 Å². The highest BCUT2D eigenvalue weighted by Crippen LogP contribution is 2.29. The summed E-state index contributed by atoms with van der Waals surface area (Å²) < 4.78 is 1.48. The molecule has 0 fully saturated rings. The van der Waals surface area contributed by atoms with Crippen LogP contribution in [0, 0.1) is 6.92 Å². The molecule has 5 nitrogen and oxygen atoms in total. The molecular weight excluding hydrogens is 316 g/mol. The molecule has 0 spiro atoms. The van der Waals surface area contributed by atoms with E-state index in [1.807, 2.05) is 49.4 Å². The zero-order chi connectivity index (χ0) is 18.1. The van der Waals surface area contributed by atoms with Crippen molar-refractivity contribution < 1.29 is 9.90 Å². The smallest absolute Gasteiger partial charge is 0.258 e. The van der Waals surface area contributed by atoms with Gasteiger partial charge in [-0.25, -0.2) is 0 Å². The molecule has 5 heteroatoms. The van der Waals surface area contributed by atoms with Crippen LogP contribution in [0.2, 0.25) is 0 Å². The first-order valence-corrected chi connectivity index (χ1v) is 8.03. The van der Waals surface area contributed by atoms with E-state index in [9.17, 15) is 14.7 Å². The second-order valence-electron chi connectivity index (χ2n) is 6.13. The summed E-state index contributed by atoms with van der Waals surface area (Å²) in [5.74, 6) is -0.363. The lowest BCUT2D eigenvalue weighted by atomic mass is 10.0. The van der Waals surface area contributed by atoms with Crippen LogP contribution in [-0.2, 0) is 18.3 Å². The van der Waals surface area contributed by atoms with Crippen LogP contribution in [0.5, 0.6) is 5.75 Å². The van der Waals surface area contributed by atoms with Gasteiger partial charge in [-0.2, -0.15) is 0 Å². The summed E-state index contributed by atoms with van der Waals surface area (Å²) in [7, 11) is 3.31. The molecule has 0 unspecified atom stereocenters. The fourth-order valence-corrected chi connectivity index (χ4v) is 3.03. The molecule has 3 rings (SSSR count). The Morgan fingerprint density at radius 1 is 1.12 bits per heavy atom. The molecular formula is C20H20N2O3. The monoisotopic (exact) mass is 336 g/mol. The van der Waals surface area contributed by atoms with Crippen molar-refractivity contribution in [3.63, 3.8) is 0 Å². The average molecular weight is 336 g/mol. The Kier molecular flexibility index (Phi) is 4.31. The molecule has 0 aliphatic heterocycles. The third-order valence-corrected chi connectivity index (χ3v) is 4.54. The molecule has 0 aliphatic carbocycles. The van der Waals surface area contributed by atoms with Crippen LogP contribution in [0.25, 0.3) is 10.9 Å². The van der Waals surface area contributed by atoms with Gasteiger partial charge in [-0.3, -0.25) is 9.59 Å². The lowest BCUT2D eigenvalue weighted by Crippen LogP contribution is -2.31. The van der Waals surface area contributed by atoms with Crippen molar-refractivity contribution in [3.8, 4) is 5.75 Å². The summed E-state index contributed by atoms with van der Waals surface area (Å²) in [4.78, 5) is 26.7. The van der Waals surface area contributed by atoms with Gasteiger partial charge in [0.1, 0.15) is 5.75 Å². The number of carbonyl (C=O) groups is 1. The molecule has 25 heavy (non-hydrogen) atoms. The predicted molar refractivity (Wildman–Crippen MR) is 99.1 cm³/mol. The first-order chi connectivity index (χ1) is 11.9. The molecule has 0 aliphatic rings. The molecule has 2 aromatic carbocycles. The minimum Gasteiger partial charge on any atom is -0.507 e. The summed E-state index contributed by atoms with van der Waals surface area (Å²) >= 11 is 0. The van der Waals surface area contributed by atoms with E-state index in [0.717, 1.165) is 11.3 Å². The van der Waals surface area contributed by atoms with Gasteiger partial charge in [0, 0.05) is 25.2 Å². The third-order valence-electron chi connectivity index (χ3n) is 4.54. The van der Waals surface area contributed by atoms with E-state index in [4.69, 9.17) is 0 Å². The number of rotatable bonds is 3. The Balaban J connectivity index is 2.06. The zero-order valence-electron chi connectivity index (χ0n) is 14.5. The maximum absolute atomic E-state index is 12.6. The fraction of sp³-hybridized carbons (Fsp3) is 0.200. The van der Waals surface area contributed by atoms with Crippen LogP contribution < -0.4 is 10.5 Å². The fourth-order valence-electron chi connectivity index (χ4n) is 3.03. The van der Waals surface area contributed by atoms with Crippen molar-refractivity contribution in [3.05, 3.63) is 70.0 Å². The van der Waals surface area contributed by atoms with Crippen molar-refractivity contribution in [2.45, 2.75) is 13.3 Å². The van der Waals surface area contributed by atoms with Gasteiger partial charge in [-0.05, 0) is 30.7 Å². The predicted octanol–water partition coefficient (Wildman–Crippen LogP) is 2.76. The van der Waals surface area contributed by atoms with Crippen LogP contribution >= 0.6 is 0 Å². The molecule has 0 bridgehead atoms. The maximum Gasteiger partial charge on any atom is 0.258 e. The van der Waals surface area contributed by atoms with E-state index >= 15 is 0 Å². The average Bonchev–Trinajstić information content (AvgIpc) is 2.63. The van der Waals surface area contributed by atoms with Crippen LogP contribution in [0.15, 0.2) is 53.3 Å². The Morgan fingerprint density at radius 2 is 1.80 bits per heavy atom. The summed E-state index contributed by atoms with van der Waals surface area (Å²) in [5, 5.41) is 11.3. The number of aryl methyl sites for hydroxylation is 2. The summed E-state index contributed by atoms with van der Waals surface area (Å²) in [6.45, 7) is 1.87. The largest absolute Gasteiger partial charge is 0.507 e. The van der Waals surface area contributed by atoms with E-state index in [1.165, 1.54) is 9.47 Å². The first kappa shape index (κ1) is 16.8. The van der Waals surface area contributed by atoms with E-state index in [2.05, 4.69) is 0 Å². The van der Waals surface area contributed by atoms with Crippen LogP contribution in [0.3, 0.4) is 0 Å². The highest BCUT2D eigenvalue weighted by molar-refractivity contribution is 5.96. The van der Waals surface area contributed by atoms with Gasteiger partial charge in [0.05, 0.1) is 17.5 Å². The van der Waals surface area contributed by atoms with Crippen LogP contribution in [-0.4, -0.2) is 22.6 Å². The minimum atomic E-state index is -0.356. The van der Waals surface area contributed by atoms with Crippen molar-refractivity contribution in [2.24, 2.45) is 7.05 Å². The Bertz CT molecular complexity index is 1010. The number of benzene rings is 2. The van der Waals surface area contributed by atoms with Gasteiger partial charge in [0.15, 0.2) is 0 Å². The summed E-state index contributed by atoms with van der Waals surface area (Å²) in [5.41, 5.74) is 2.01. The van der Waals surface area contributed by atoms with E-state index in [1.54, 1.807) is 20.2 Å². The Morgan fingerprint density at radius 3 is 2.48 bits per heavy atom. The minimum absolute atomic E-state index is 0.106. The van der Waals surface area contributed by atoms with E-state index < -0.39 is 0 Å². The molecule has 0 atom stereocenters. The number of carbonyl (C=O) groups excluding carboxylic acids is 1. The Labute approximate surface area is 145 Å². The Hall–Kier alpha value is -3.08. The van der Waals surface area contributed by atoms with Gasteiger partial charge >= 0.3 is 0 Å². The summed E-state index contributed by atoms with van der Waals surface area (Å²) in [6.07, 6.45) is -0.159.